The number of nitrogen functional groups attached to an aromatic ring is 1. The van der Waals surface area contributed by atoms with Crippen molar-refractivity contribution in [3.63, 3.8) is 0 Å². The molecule has 0 unspecified atom stereocenters. The lowest BCUT2D eigenvalue weighted by molar-refractivity contribution is 0.102. The number of hydrogen-bond donors (Lipinski definition) is 4. The van der Waals surface area contributed by atoms with Crippen molar-refractivity contribution in [1.29, 1.82) is 0 Å². The Morgan fingerprint density at radius 3 is 2.79 bits per heavy atom. The monoisotopic (exact) mass is 394 g/mol. The van der Waals surface area contributed by atoms with Crippen molar-refractivity contribution in [2.45, 2.75) is 6.54 Å². The zero-order chi connectivity index (χ0) is 20.5. The van der Waals surface area contributed by atoms with Gasteiger partial charge in [-0.2, -0.15) is 0 Å². The quantitative estimate of drug-likeness (QED) is 0.395. The molecule has 3 aromatic rings. The molecule has 0 spiro atoms. The van der Waals surface area contributed by atoms with Crippen molar-refractivity contribution >= 4 is 23.1 Å². The molecule has 0 radical (unpaired) electrons. The lowest BCUT2D eigenvalue weighted by atomic mass is 10.3. The Morgan fingerprint density at radius 2 is 2.03 bits per heavy atom. The van der Waals surface area contributed by atoms with Crippen LogP contribution in [0.25, 0.3) is 0 Å². The largest absolute Gasteiger partial charge is 0.475 e. The number of aromatic nitrogens is 4. The molecule has 0 aliphatic carbocycles. The average Bonchev–Trinajstić information content (AvgIpc) is 2.74. The summed E-state index contributed by atoms with van der Waals surface area (Å²) in [5, 5.41) is 8.91. The van der Waals surface area contributed by atoms with Crippen LogP contribution in [0.5, 0.6) is 5.88 Å². The fraction of sp³-hybridized carbons (Fsp3) is 0.211. The van der Waals surface area contributed by atoms with Crippen molar-refractivity contribution in [1.82, 2.24) is 25.3 Å². The number of carbonyl (C=O) groups excluding carboxylic acids is 1. The van der Waals surface area contributed by atoms with Crippen molar-refractivity contribution in [3.05, 3.63) is 60.4 Å². The van der Waals surface area contributed by atoms with Crippen LogP contribution in [0.4, 0.5) is 17.2 Å². The fourth-order valence-electron chi connectivity index (χ4n) is 2.37. The van der Waals surface area contributed by atoms with Gasteiger partial charge >= 0.3 is 0 Å². The van der Waals surface area contributed by atoms with Crippen LogP contribution in [0.3, 0.4) is 0 Å². The Kier molecular flexibility index (Phi) is 6.85. The maximum atomic E-state index is 12.4. The third-order valence-electron chi connectivity index (χ3n) is 3.84. The van der Waals surface area contributed by atoms with E-state index in [-0.39, 0.29) is 11.6 Å². The van der Waals surface area contributed by atoms with Crippen LogP contribution < -0.4 is 26.4 Å². The summed E-state index contributed by atoms with van der Waals surface area (Å²) in [6, 6.07) is 7.09. The highest BCUT2D eigenvalue weighted by molar-refractivity contribution is 6.02. The lowest BCUT2D eigenvalue weighted by Gasteiger charge is -2.10. The number of ether oxygens (including phenoxy) is 1. The second-order valence-electron chi connectivity index (χ2n) is 5.97. The van der Waals surface area contributed by atoms with Gasteiger partial charge < -0.3 is 26.4 Å². The van der Waals surface area contributed by atoms with E-state index < -0.39 is 0 Å². The molecule has 3 aromatic heterocycles. The van der Waals surface area contributed by atoms with E-state index in [1.807, 2.05) is 13.1 Å². The molecule has 3 rings (SSSR count). The first-order chi connectivity index (χ1) is 14.2. The Hall–Kier alpha value is -3.79. The highest BCUT2D eigenvalue weighted by atomic mass is 16.5. The molecule has 1 amide bonds. The highest BCUT2D eigenvalue weighted by Gasteiger charge is 2.10. The molecule has 0 aromatic carbocycles. The predicted octanol–water partition coefficient (Wildman–Crippen LogP) is 1.31. The Labute approximate surface area is 168 Å². The molecule has 0 fully saturated rings. The Balaban J connectivity index is 1.58. The zero-order valence-electron chi connectivity index (χ0n) is 15.9. The van der Waals surface area contributed by atoms with Gasteiger partial charge in [-0.15, -0.1) is 0 Å². The van der Waals surface area contributed by atoms with Gasteiger partial charge in [0, 0.05) is 24.6 Å². The molecule has 10 nitrogen and oxygen atoms in total. The maximum Gasteiger partial charge on any atom is 0.275 e. The summed E-state index contributed by atoms with van der Waals surface area (Å²) < 4.78 is 5.39. The predicted molar refractivity (Wildman–Crippen MR) is 110 cm³/mol. The van der Waals surface area contributed by atoms with Crippen molar-refractivity contribution < 1.29 is 9.53 Å². The number of hydrogen-bond acceptors (Lipinski definition) is 9. The summed E-state index contributed by atoms with van der Waals surface area (Å²) in [4.78, 5) is 28.9. The van der Waals surface area contributed by atoms with Crippen LogP contribution in [0.15, 0.2) is 49.1 Å². The molecule has 5 N–H and O–H groups in total. The first kappa shape index (κ1) is 20.0. The number of nitrogens with two attached hydrogens (primary N) is 1. The number of carbonyl (C=O) groups is 1. The molecule has 0 atom stereocenters. The van der Waals surface area contributed by atoms with Gasteiger partial charge in [-0.25, -0.2) is 15.0 Å². The van der Waals surface area contributed by atoms with E-state index in [1.165, 1.54) is 12.4 Å². The maximum absolute atomic E-state index is 12.4. The van der Waals surface area contributed by atoms with Crippen LogP contribution in [0.2, 0.25) is 0 Å². The molecule has 0 saturated carbocycles. The van der Waals surface area contributed by atoms with E-state index in [0.717, 1.165) is 11.4 Å². The Morgan fingerprint density at radius 1 is 1.14 bits per heavy atom. The van der Waals surface area contributed by atoms with Crippen molar-refractivity contribution in [2.75, 3.05) is 36.6 Å². The van der Waals surface area contributed by atoms with Crippen LogP contribution in [0, 0.1) is 0 Å². The van der Waals surface area contributed by atoms with E-state index >= 15 is 0 Å². The lowest BCUT2D eigenvalue weighted by Crippen LogP contribution is -2.17. The summed E-state index contributed by atoms with van der Waals surface area (Å²) in [6.07, 6.45) is 6.03. The van der Waals surface area contributed by atoms with Crippen molar-refractivity contribution in [3.8, 4) is 5.88 Å². The fourth-order valence-corrected chi connectivity index (χ4v) is 2.37. The summed E-state index contributed by atoms with van der Waals surface area (Å²) >= 11 is 0. The summed E-state index contributed by atoms with van der Waals surface area (Å²) in [5.41, 5.74) is 8.04. The van der Waals surface area contributed by atoms with E-state index in [0.29, 0.717) is 37.1 Å². The van der Waals surface area contributed by atoms with Gasteiger partial charge in [0.05, 0.1) is 30.3 Å². The molecule has 0 aliphatic heterocycles. The number of amides is 1. The van der Waals surface area contributed by atoms with Gasteiger partial charge in [-0.1, -0.05) is 0 Å². The topological polar surface area (TPSA) is 140 Å². The van der Waals surface area contributed by atoms with Crippen LogP contribution >= 0.6 is 0 Å². The van der Waals surface area contributed by atoms with Gasteiger partial charge in [-0.05, 0) is 31.3 Å². The minimum absolute atomic E-state index is 0.186. The minimum atomic E-state index is -0.374. The zero-order valence-corrected chi connectivity index (χ0v) is 15.9. The normalized spacial score (nSPS) is 10.4. The van der Waals surface area contributed by atoms with Gasteiger partial charge in [-0.3, -0.25) is 9.78 Å². The average molecular weight is 394 g/mol. The second-order valence-corrected chi connectivity index (χ2v) is 5.97. The number of anilines is 3. The molecule has 0 bridgehead atoms. The number of likely N-dealkylation sites (N-methyl/N-ethyl adjacent to an activating group) is 1. The van der Waals surface area contributed by atoms with Crippen LogP contribution in [-0.2, 0) is 6.54 Å². The van der Waals surface area contributed by atoms with Crippen LogP contribution in [0.1, 0.15) is 16.2 Å². The number of rotatable bonds is 9. The van der Waals surface area contributed by atoms with Crippen LogP contribution in [-0.4, -0.2) is 46.0 Å². The summed E-state index contributed by atoms with van der Waals surface area (Å²) in [7, 11) is 1.83. The van der Waals surface area contributed by atoms with E-state index in [4.69, 9.17) is 10.5 Å². The first-order valence-electron chi connectivity index (χ1n) is 8.96. The smallest absolute Gasteiger partial charge is 0.275 e. The SMILES string of the molecule is CNCCOc1cnc(C(=O)Nc2ccnc(CNc3cccnc3N)c2)cn1. The molecule has 29 heavy (non-hydrogen) atoms. The third-order valence-corrected chi connectivity index (χ3v) is 3.84. The molecule has 150 valence electrons. The standard InChI is InChI=1S/C19H22N8O2/c1-21-7-8-29-17-12-25-16(11-26-17)19(28)27-13-4-6-22-14(9-13)10-24-15-3-2-5-23-18(15)20/h2-6,9,11-12,21,24H,7-8,10H2,1H3,(H2,20,23)(H,22,27,28). The van der Waals surface area contributed by atoms with E-state index in [2.05, 4.69) is 35.9 Å². The molecule has 0 saturated heterocycles. The summed E-state index contributed by atoms with van der Waals surface area (Å²) in [5.74, 6) is 0.401. The van der Waals surface area contributed by atoms with E-state index in [9.17, 15) is 4.79 Å². The first-order valence-corrected chi connectivity index (χ1v) is 8.96. The van der Waals surface area contributed by atoms with Gasteiger partial charge in [0.1, 0.15) is 18.1 Å². The summed E-state index contributed by atoms with van der Waals surface area (Å²) in [6.45, 7) is 1.59. The second kappa shape index (κ2) is 9.95. The molecule has 10 heteroatoms. The molecule has 3 heterocycles. The minimum Gasteiger partial charge on any atom is -0.475 e. The number of nitrogens with zero attached hydrogens (tertiary/aromatic N) is 4. The Bertz CT molecular complexity index is 949. The number of nitrogens with one attached hydrogen (secondary N) is 3. The van der Waals surface area contributed by atoms with Gasteiger partial charge in [0.25, 0.3) is 5.91 Å². The third kappa shape index (κ3) is 5.84. The molecular weight excluding hydrogens is 372 g/mol. The molecule has 0 aliphatic rings. The highest BCUT2D eigenvalue weighted by Crippen LogP contribution is 2.16. The van der Waals surface area contributed by atoms with Gasteiger partial charge in [0.2, 0.25) is 5.88 Å². The molecular formula is C19H22N8O2. The number of pyridine rings is 2. The van der Waals surface area contributed by atoms with E-state index in [1.54, 1.807) is 30.6 Å². The van der Waals surface area contributed by atoms with Crippen molar-refractivity contribution in [2.24, 2.45) is 0 Å². The van der Waals surface area contributed by atoms with Gasteiger partial charge in [0.15, 0.2) is 0 Å².